The molecule has 0 aromatic heterocycles. The molecule has 12 heteroatoms. The fourth-order valence-corrected chi connectivity index (χ4v) is 12.3. The van der Waals surface area contributed by atoms with Gasteiger partial charge < -0.3 is 35.8 Å². The maximum Gasteiger partial charge on any atom is 0.488 e. The minimum absolute atomic E-state index is 0.0682. The van der Waals surface area contributed by atoms with Crippen LogP contribution in [0.5, 0.6) is 0 Å². The number of benzene rings is 1. The van der Waals surface area contributed by atoms with E-state index in [4.69, 9.17) is 0 Å². The number of rotatable bonds is 20. The number of carbonyl (C=O) groups is 3. The molecule has 4 aliphatic rings. The zero-order valence-electron chi connectivity index (χ0n) is 35.2. The van der Waals surface area contributed by atoms with Crippen LogP contribution in [0.3, 0.4) is 0 Å². The zero-order chi connectivity index (χ0) is 40.8. The smallest absolute Gasteiger partial charge is 0.480 e. The van der Waals surface area contributed by atoms with Crippen molar-refractivity contribution in [1.82, 2.24) is 20.9 Å². The first-order valence-electron chi connectivity index (χ1n) is 21.8. The fourth-order valence-electron chi connectivity index (χ4n) is 12.3. The van der Waals surface area contributed by atoms with Gasteiger partial charge in [-0.1, -0.05) is 39.0 Å². The lowest BCUT2D eigenvalue weighted by Crippen LogP contribution is -2.54. The number of amides is 1. The fraction of sp³-hybridized carbons (Fsp3) is 0.795. The Morgan fingerprint density at radius 2 is 1.68 bits per heavy atom. The lowest BCUT2D eigenvalue weighted by atomic mass is 9.44. The van der Waals surface area contributed by atoms with Crippen molar-refractivity contribution in [2.24, 2.45) is 46.3 Å². The molecule has 56 heavy (non-hydrogen) atoms. The van der Waals surface area contributed by atoms with Crippen LogP contribution >= 0.6 is 0 Å². The Labute approximate surface area is 336 Å². The van der Waals surface area contributed by atoms with Gasteiger partial charge >= 0.3 is 13.1 Å². The molecule has 5 rings (SSSR count). The summed E-state index contributed by atoms with van der Waals surface area (Å²) in [6, 6.07) is 3.92. The van der Waals surface area contributed by atoms with E-state index in [2.05, 4.69) is 36.7 Å². The van der Waals surface area contributed by atoms with Gasteiger partial charge in [0.2, 0.25) is 5.91 Å². The molecule has 1 amide bonds. The summed E-state index contributed by atoms with van der Waals surface area (Å²) in [4.78, 5) is 40.0. The predicted molar refractivity (Wildman–Crippen MR) is 221 cm³/mol. The van der Waals surface area contributed by atoms with E-state index in [1.165, 1.54) is 44.9 Å². The summed E-state index contributed by atoms with van der Waals surface area (Å²) >= 11 is 0. The lowest BCUT2D eigenvalue weighted by Gasteiger charge is -2.61. The number of unbranched alkanes of at least 4 members (excludes halogenated alkanes) is 1. The number of hydrogen-bond donors (Lipinski definition) is 7. The van der Waals surface area contributed by atoms with E-state index < -0.39 is 25.2 Å². The quantitative estimate of drug-likeness (QED) is 0.0761. The molecule has 1 aromatic rings. The maximum absolute atomic E-state index is 13.1. The molecule has 7 unspecified atom stereocenters. The molecule has 314 valence electrons. The van der Waals surface area contributed by atoms with Crippen LogP contribution in [0.15, 0.2) is 18.2 Å². The monoisotopic (exact) mass is 781 g/mol. The number of carbonyl (C=O) groups excluding carboxylic acids is 2. The van der Waals surface area contributed by atoms with Gasteiger partial charge in [-0.3, -0.25) is 19.7 Å². The first-order valence-corrected chi connectivity index (χ1v) is 21.8. The van der Waals surface area contributed by atoms with E-state index in [1.54, 1.807) is 19.2 Å². The molecule has 0 saturated heterocycles. The normalized spacial score (nSPS) is 31.5. The number of carboxylic acid groups (broad SMARTS) is 1. The highest BCUT2D eigenvalue weighted by molar-refractivity contribution is 6.59. The van der Waals surface area contributed by atoms with Crippen LogP contribution in [-0.4, -0.2) is 102 Å². The summed E-state index contributed by atoms with van der Waals surface area (Å²) in [6.45, 7) is 8.42. The molecular formula is C44H73BN4O7. The van der Waals surface area contributed by atoms with Gasteiger partial charge in [0.05, 0.1) is 18.7 Å². The van der Waals surface area contributed by atoms with Gasteiger partial charge in [0, 0.05) is 19.5 Å². The number of likely N-dealkylation sites (N-methyl/N-ethyl adjacent to an activating group) is 1. The number of Topliss-reactive ketones (excluding diaryl/α,β-unsaturated/α-hetero) is 1. The molecule has 4 fully saturated rings. The molecule has 0 heterocycles. The van der Waals surface area contributed by atoms with Gasteiger partial charge in [0.25, 0.3) is 0 Å². The molecular weight excluding hydrogens is 707 g/mol. The third kappa shape index (κ3) is 10.4. The number of fused-ring (bicyclic) bond motifs is 5. The number of carboxylic acids is 1. The second kappa shape index (κ2) is 19.6. The number of nitrogens with one attached hydrogen (secondary N) is 3. The van der Waals surface area contributed by atoms with E-state index in [-0.39, 0.29) is 24.3 Å². The van der Waals surface area contributed by atoms with Gasteiger partial charge in [0.15, 0.2) is 5.78 Å². The van der Waals surface area contributed by atoms with Crippen molar-refractivity contribution in [3.8, 4) is 0 Å². The van der Waals surface area contributed by atoms with Crippen LogP contribution in [-0.2, 0) is 27.3 Å². The number of hydrogen-bond acceptors (Lipinski definition) is 9. The molecule has 1 aromatic carbocycles. The molecule has 7 N–H and O–H groups in total. The van der Waals surface area contributed by atoms with Crippen molar-refractivity contribution < 1.29 is 34.6 Å². The summed E-state index contributed by atoms with van der Waals surface area (Å²) < 4.78 is 0. The average molecular weight is 781 g/mol. The molecule has 0 aliphatic heterocycles. The molecule has 11 nitrogen and oxygen atoms in total. The van der Waals surface area contributed by atoms with Crippen LogP contribution in [0, 0.1) is 46.3 Å². The first kappa shape index (κ1) is 44.8. The van der Waals surface area contributed by atoms with Gasteiger partial charge in [-0.2, -0.15) is 0 Å². The van der Waals surface area contributed by atoms with Crippen molar-refractivity contribution in [3.05, 3.63) is 29.3 Å². The number of nitrogens with zero attached hydrogens (tertiary/aromatic N) is 1. The third-order valence-electron chi connectivity index (χ3n) is 15.4. The standard InChI is InChI=1S/C44H73BN4O7/c1-28(34-14-15-35-33-13-12-31-25-32(50)18-20-43(31,2)36(33)19-21-44(34,35)3)10-17-41(52)47-22-8-7-9-38(42(53)54)48-26-40(51)39(46-4)24-29-11-16-37(45(55)56)30(23-29)27-49(5)6/h11,16,23,28,31-36,38-39,46,48,50,55-56H,7-10,12-15,17-22,24-27H2,1-6H3,(H,47,52)(H,53,54)/t28?,31-,32-,33?,34?,35?,36?,38?,39?,43+,44-/m0/s1. The molecule has 4 saturated carbocycles. The highest BCUT2D eigenvalue weighted by Crippen LogP contribution is 2.68. The minimum Gasteiger partial charge on any atom is -0.480 e. The molecule has 0 radical (unpaired) electrons. The Morgan fingerprint density at radius 3 is 2.38 bits per heavy atom. The Hall–Kier alpha value is -2.35. The van der Waals surface area contributed by atoms with Crippen LogP contribution < -0.4 is 21.4 Å². The van der Waals surface area contributed by atoms with E-state index >= 15 is 0 Å². The van der Waals surface area contributed by atoms with Crippen molar-refractivity contribution in [2.45, 2.75) is 142 Å². The summed E-state index contributed by atoms with van der Waals surface area (Å²) in [5.41, 5.74) is 2.81. The van der Waals surface area contributed by atoms with Gasteiger partial charge in [0.1, 0.15) is 6.04 Å². The predicted octanol–water partition coefficient (Wildman–Crippen LogP) is 3.89. The summed E-state index contributed by atoms with van der Waals surface area (Å²) in [7, 11) is 3.90. The number of aliphatic carboxylic acids is 1. The third-order valence-corrected chi connectivity index (χ3v) is 15.4. The molecule has 0 bridgehead atoms. The Kier molecular flexibility index (Phi) is 15.7. The Morgan fingerprint density at radius 1 is 0.946 bits per heavy atom. The SMILES string of the molecule is CNC(Cc1ccc(B(O)O)c(CN(C)C)c1)C(=O)CNC(CCCCNC(=O)CCC(C)C1CCC2C3CC[C@H]4C[C@@H](O)CC[C@@]4(C)C3CC[C@@]12C)C(=O)O. The van der Waals surface area contributed by atoms with Crippen molar-refractivity contribution in [2.75, 3.05) is 34.2 Å². The summed E-state index contributed by atoms with van der Waals surface area (Å²) in [5.74, 6) is 3.15. The highest BCUT2D eigenvalue weighted by atomic mass is 16.4. The van der Waals surface area contributed by atoms with E-state index in [0.29, 0.717) is 79.2 Å². The van der Waals surface area contributed by atoms with E-state index in [0.717, 1.165) is 48.1 Å². The summed E-state index contributed by atoms with van der Waals surface area (Å²) in [5, 5.41) is 48.8. The van der Waals surface area contributed by atoms with Crippen molar-refractivity contribution in [3.63, 3.8) is 0 Å². The molecule has 4 aliphatic carbocycles. The maximum atomic E-state index is 13.1. The highest BCUT2D eigenvalue weighted by Gasteiger charge is 2.60. The Bertz CT molecular complexity index is 1490. The second-order valence-electron chi connectivity index (χ2n) is 19.1. The average Bonchev–Trinajstić information content (AvgIpc) is 3.51. The van der Waals surface area contributed by atoms with E-state index in [1.807, 2.05) is 25.1 Å². The first-order chi connectivity index (χ1) is 26.6. The van der Waals surface area contributed by atoms with Crippen LogP contribution in [0.2, 0.25) is 0 Å². The largest absolute Gasteiger partial charge is 0.488 e. The van der Waals surface area contributed by atoms with Crippen LogP contribution in [0.4, 0.5) is 0 Å². The van der Waals surface area contributed by atoms with Crippen LogP contribution in [0.25, 0.3) is 0 Å². The van der Waals surface area contributed by atoms with Crippen LogP contribution in [0.1, 0.15) is 122 Å². The molecule has 0 spiro atoms. The molecule has 11 atom stereocenters. The lowest BCUT2D eigenvalue weighted by molar-refractivity contribution is -0.139. The van der Waals surface area contributed by atoms with Crippen molar-refractivity contribution >= 4 is 30.2 Å². The van der Waals surface area contributed by atoms with Gasteiger partial charge in [-0.25, -0.2) is 0 Å². The number of aliphatic hydroxyl groups is 1. The second-order valence-corrected chi connectivity index (χ2v) is 19.1. The zero-order valence-corrected chi connectivity index (χ0v) is 35.2. The van der Waals surface area contributed by atoms with E-state index in [9.17, 15) is 34.6 Å². The minimum atomic E-state index is -1.59. The number of aliphatic hydroxyl groups excluding tert-OH is 1. The number of ketones is 1. The van der Waals surface area contributed by atoms with Crippen molar-refractivity contribution in [1.29, 1.82) is 0 Å². The summed E-state index contributed by atoms with van der Waals surface area (Å²) in [6.07, 6.45) is 14.3. The van der Waals surface area contributed by atoms with Gasteiger partial charge in [-0.05, 0) is 174 Å². The Balaban J connectivity index is 1.00. The topological polar surface area (TPSA) is 171 Å². The van der Waals surface area contributed by atoms with Gasteiger partial charge in [-0.15, -0.1) is 0 Å².